The van der Waals surface area contributed by atoms with Gasteiger partial charge in [0, 0.05) is 20.3 Å². The molecule has 1 N–H and O–H groups in total. The Balaban J connectivity index is 3.57. The van der Waals surface area contributed by atoms with Gasteiger partial charge in [-0.1, -0.05) is 0 Å². The van der Waals surface area contributed by atoms with Gasteiger partial charge in [-0.05, 0) is 12.3 Å². The average Bonchev–Trinajstić information content (AvgIpc) is 1.83. The third-order valence-corrected chi connectivity index (χ3v) is 1.32. The van der Waals surface area contributed by atoms with Crippen LogP contribution in [0.2, 0.25) is 0 Å². The zero-order valence-corrected chi connectivity index (χ0v) is 6.83. The fourth-order valence-corrected chi connectivity index (χ4v) is 0.482. The van der Waals surface area contributed by atoms with E-state index >= 15 is 0 Å². The van der Waals surface area contributed by atoms with Crippen LogP contribution in [0.25, 0.3) is 0 Å². The highest BCUT2D eigenvalue weighted by Gasteiger charge is 1.83. The second kappa shape index (κ2) is 4.44. The van der Waals surface area contributed by atoms with Crippen LogP contribution in [0.4, 0.5) is 0 Å². The molecule has 0 heterocycles. The molecule has 0 bridgehead atoms. The van der Waals surface area contributed by atoms with Crippen LogP contribution in [0.15, 0.2) is 12.3 Å². The van der Waals surface area contributed by atoms with E-state index in [0.29, 0.717) is 5.04 Å². The molecule has 0 unspecified atom stereocenters. The molecular weight excluding hydrogens is 132 g/mol. The highest BCUT2D eigenvalue weighted by molar-refractivity contribution is 8.13. The Bertz CT molecular complexity index is 118. The van der Waals surface area contributed by atoms with Gasteiger partial charge >= 0.3 is 0 Å². The van der Waals surface area contributed by atoms with Crippen molar-refractivity contribution >= 4 is 16.8 Å². The topological polar surface area (TPSA) is 27.1 Å². The van der Waals surface area contributed by atoms with E-state index in [0.717, 1.165) is 0 Å². The standard InChI is InChI=1S/C6H12N2S/c1-8(2)5-4-6(7)9-3/h4-5,7H,1-3H3/b5-4+,7-6?. The SMILES string of the molecule is CSC(=N)/C=C/N(C)C. The van der Waals surface area contributed by atoms with Crippen LogP contribution in [0.5, 0.6) is 0 Å². The number of nitrogens with one attached hydrogen (secondary N) is 1. The minimum absolute atomic E-state index is 0.587. The molecule has 0 fully saturated rings. The van der Waals surface area contributed by atoms with E-state index in [4.69, 9.17) is 5.41 Å². The van der Waals surface area contributed by atoms with Gasteiger partial charge in [-0.2, -0.15) is 0 Å². The zero-order chi connectivity index (χ0) is 7.28. The molecule has 0 aliphatic rings. The zero-order valence-electron chi connectivity index (χ0n) is 6.01. The van der Waals surface area contributed by atoms with E-state index in [1.807, 2.05) is 31.5 Å². The largest absolute Gasteiger partial charge is 0.383 e. The monoisotopic (exact) mass is 144 g/mol. The van der Waals surface area contributed by atoms with Gasteiger partial charge in [0.2, 0.25) is 0 Å². The van der Waals surface area contributed by atoms with Crippen LogP contribution in [0, 0.1) is 5.41 Å². The first kappa shape index (κ1) is 8.56. The van der Waals surface area contributed by atoms with Crippen LogP contribution in [0.3, 0.4) is 0 Å². The molecule has 0 saturated heterocycles. The first-order valence-corrected chi connectivity index (χ1v) is 3.86. The number of rotatable bonds is 2. The smallest absolute Gasteiger partial charge is 0.0881 e. The van der Waals surface area contributed by atoms with Crippen LogP contribution in [0.1, 0.15) is 0 Å². The second-order valence-electron chi connectivity index (χ2n) is 1.85. The predicted octanol–water partition coefficient (Wildman–Crippen LogP) is 1.40. The van der Waals surface area contributed by atoms with Crippen molar-refractivity contribution in [1.29, 1.82) is 5.41 Å². The first-order valence-electron chi connectivity index (χ1n) is 2.64. The summed E-state index contributed by atoms with van der Waals surface area (Å²) in [5.41, 5.74) is 0. The molecule has 3 heteroatoms. The minimum Gasteiger partial charge on any atom is -0.383 e. The maximum Gasteiger partial charge on any atom is 0.0881 e. The van der Waals surface area contributed by atoms with E-state index in [9.17, 15) is 0 Å². The minimum atomic E-state index is 0.587. The predicted molar refractivity (Wildman–Crippen MR) is 44.1 cm³/mol. The number of thioether (sulfide) groups is 1. The molecule has 0 aromatic carbocycles. The lowest BCUT2D eigenvalue weighted by Crippen LogP contribution is -2.00. The molecular formula is C6H12N2S. The van der Waals surface area contributed by atoms with Crippen molar-refractivity contribution in [3.8, 4) is 0 Å². The molecule has 0 rings (SSSR count). The third kappa shape index (κ3) is 5.43. The van der Waals surface area contributed by atoms with E-state index in [2.05, 4.69) is 0 Å². The quantitative estimate of drug-likeness (QED) is 0.468. The van der Waals surface area contributed by atoms with Gasteiger partial charge in [0.1, 0.15) is 0 Å². The van der Waals surface area contributed by atoms with Crippen molar-refractivity contribution < 1.29 is 0 Å². The van der Waals surface area contributed by atoms with Crippen LogP contribution in [-0.2, 0) is 0 Å². The summed E-state index contributed by atoms with van der Waals surface area (Å²) in [6, 6.07) is 0. The van der Waals surface area contributed by atoms with Gasteiger partial charge in [0.25, 0.3) is 0 Å². The Morgan fingerprint density at radius 2 is 2.11 bits per heavy atom. The molecule has 0 saturated carbocycles. The highest BCUT2D eigenvalue weighted by Crippen LogP contribution is 1.95. The molecule has 0 radical (unpaired) electrons. The summed E-state index contributed by atoms with van der Waals surface area (Å²) >= 11 is 1.44. The molecule has 0 aliphatic heterocycles. The lowest BCUT2D eigenvalue weighted by Gasteiger charge is -2.01. The van der Waals surface area contributed by atoms with E-state index < -0.39 is 0 Å². The van der Waals surface area contributed by atoms with Crippen LogP contribution in [-0.4, -0.2) is 30.3 Å². The van der Waals surface area contributed by atoms with Gasteiger partial charge in [-0.3, -0.25) is 5.41 Å². The summed E-state index contributed by atoms with van der Waals surface area (Å²) in [6.45, 7) is 0. The molecule has 0 aromatic heterocycles. The van der Waals surface area contributed by atoms with Gasteiger partial charge in [0.15, 0.2) is 0 Å². The van der Waals surface area contributed by atoms with E-state index in [1.54, 1.807) is 6.08 Å². The third-order valence-electron chi connectivity index (χ3n) is 0.744. The van der Waals surface area contributed by atoms with Crippen molar-refractivity contribution in [3.63, 3.8) is 0 Å². The number of hydrogen-bond acceptors (Lipinski definition) is 3. The lowest BCUT2D eigenvalue weighted by molar-refractivity contribution is 0.564. The lowest BCUT2D eigenvalue weighted by atomic mass is 10.6. The average molecular weight is 144 g/mol. The summed E-state index contributed by atoms with van der Waals surface area (Å²) in [6.07, 6.45) is 5.52. The Hall–Kier alpha value is -0.440. The normalized spacial score (nSPS) is 10.1. The molecule has 0 amide bonds. The Morgan fingerprint density at radius 3 is 2.44 bits per heavy atom. The maximum absolute atomic E-state index is 7.18. The summed E-state index contributed by atoms with van der Waals surface area (Å²) in [5, 5.41) is 7.77. The van der Waals surface area contributed by atoms with Gasteiger partial charge in [-0.25, -0.2) is 0 Å². The summed E-state index contributed by atoms with van der Waals surface area (Å²) in [5.74, 6) is 0. The van der Waals surface area contributed by atoms with Crippen molar-refractivity contribution in [3.05, 3.63) is 12.3 Å². The molecule has 0 aliphatic carbocycles. The fourth-order valence-electron chi connectivity index (χ4n) is 0.285. The Morgan fingerprint density at radius 1 is 1.56 bits per heavy atom. The van der Waals surface area contributed by atoms with E-state index in [1.165, 1.54) is 11.8 Å². The summed E-state index contributed by atoms with van der Waals surface area (Å²) in [4.78, 5) is 1.91. The van der Waals surface area contributed by atoms with Crippen LogP contribution >= 0.6 is 11.8 Å². The van der Waals surface area contributed by atoms with Crippen molar-refractivity contribution in [2.24, 2.45) is 0 Å². The maximum atomic E-state index is 7.18. The fraction of sp³-hybridized carbons (Fsp3) is 0.500. The van der Waals surface area contributed by atoms with Crippen LogP contribution < -0.4 is 0 Å². The van der Waals surface area contributed by atoms with E-state index in [-0.39, 0.29) is 0 Å². The first-order chi connectivity index (χ1) is 4.16. The summed E-state index contributed by atoms with van der Waals surface area (Å²) < 4.78 is 0. The molecule has 52 valence electrons. The molecule has 2 nitrogen and oxygen atoms in total. The summed E-state index contributed by atoms with van der Waals surface area (Å²) in [7, 11) is 3.87. The van der Waals surface area contributed by atoms with Crippen molar-refractivity contribution in [1.82, 2.24) is 4.90 Å². The van der Waals surface area contributed by atoms with Gasteiger partial charge < -0.3 is 4.90 Å². The van der Waals surface area contributed by atoms with Gasteiger partial charge in [-0.15, -0.1) is 11.8 Å². The second-order valence-corrected chi connectivity index (χ2v) is 2.70. The van der Waals surface area contributed by atoms with Gasteiger partial charge in [0.05, 0.1) is 5.04 Å². The Labute approximate surface area is 60.4 Å². The molecule has 0 aromatic rings. The number of hydrogen-bond donors (Lipinski definition) is 1. The highest BCUT2D eigenvalue weighted by atomic mass is 32.2. The number of nitrogens with zero attached hydrogens (tertiary/aromatic N) is 1. The molecule has 9 heavy (non-hydrogen) atoms. The van der Waals surface area contributed by atoms with Crippen molar-refractivity contribution in [2.75, 3.05) is 20.4 Å². The van der Waals surface area contributed by atoms with Crippen molar-refractivity contribution in [2.45, 2.75) is 0 Å². The Kier molecular flexibility index (Phi) is 4.22. The molecule has 0 atom stereocenters. The molecule has 0 spiro atoms.